The molecule has 0 radical (unpaired) electrons. The molecule has 3 N–H and O–H groups in total. The van der Waals surface area contributed by atoms with Gasteiger partial charge in [-0.1, -0.05) is 0 Å². The van der Waals surface area contributed by atoms with E-state index in [1.807, 2.05) is 0 Å². The minimum absolute atomic E-state index is 0.0979. The molecule has 14 heavy (non-hydrogen) atoms. The van der Waals surface area contributed by atoms with E-state index in [0.717, 1.165) is 0 Å². The molecule has 4 nitrogen and oxygen atoms in total. The second kappa shape index (κ2) is 4.95. The van der Waals surface area contributed by atoms with Gasteiger partial charge >= 0.3 is 0 Å². The summed E-state index contributed by atoms with van der Waals surface area (Å²) < 4.78 is 5.01. The van der Waals surface area contributed by atoms with Crippen molar-refractivity contribution in [2.75, 3.05) is 13.2 Å². The van der Waals surface area contributed by atoms with Gasteiger partial charge in [0.15, 0.2) is 0 Å². The van der Waals surface area contributed by atoms with Crippen LogP contribution in [0.25, 0.3) is 6.08 Å². The first kappa shape index (κ1) is 11.0. The van der Waals surface area contributed by atoms with Crippen molar-refractivity contribution in [2.24, 2.45) is 0 Å². The van der Waals surface area contributed by atoms with E-state index in [-0.39, 0.29) is 13.0 Å². The van der Waals surface area contributed by atoms with E-state index in [0.29, 0.717) is 5.76 Å². The summed E-state index contributed by atoms with van der Waals surface area (Å²) in [5, 5.41) is 27.2. The first-order chi connectivity index (χ1) is 6.70. The Labute approximate surface area is 82.1 Å². The fraction of sp³-hybridized carbons (Fsp3) is 0.400. The molecule has 0 amide bonds. The fourth-order valence-corrected chi connectivity index (χ4v) is 1.03. The Kier molecular flexibility index (Phi) is 3.88. The number of furan rings is 1. The fourth-order valence-electron chi connectivity index (χ4n) is 1.03. The van der Waals surface area contributed by atoms with Crippen LogP contribution in [-0.4, -0.2) is 34.1 Å². The third-order valence-electron chi connectivity index (χ3n) is 1.92. The monoisotopic (exact) mass is 198 g/mol. The third-order valence-corrected chi connectivity index (χ3v) is 1.92. The van der Waals surface area contributed by atoms with Crippen LogP contribution in [0.2, 0.25) is 0 Å². The highest BCUT2D eigenvalue weighted by Crippen LogP contribution is 2.13. The van der Waals surface area contributed by atoms with Crippen molar-refractivity contribution in [2.45, 2.75) is 12.0 Å². The summed E-state index contributed by atoms with van der Waals surface area (Å²) >= 11 is 0. The van der Waals surface area contributed by atoms with Crippen LogP contribution in [0.1, 0.15) is 12.2 Å². The Balaban J connectivity index is 2.64. The van der Waals surface area contributed by atoms with Gasteiger partial charge in [-0.2, -0.15) is 0 Å². The zero-order valence-electron chi connectivity index (χ0n) is 7.76. The second-order valence-electron chi connectivity index (χ2n) is 3.08. The summed E-state index contributed by atoms with van der Waals surface area (Å²) in [4.78, 5) is 0. The van der Waals surface area contributed by atoms with Crippen molar-refractivity contribution in [1.82, 2.24) is 0 Å². The highest BCUT2D eigenvalue weighted by molar-refractivity contribution is 5.44. The molecule has 0 aliphatic rings. The highest BCUT2D eigenvalue weighted by atomic mass is 16.3. The SMILES string of the molecule is OCC[C@@](O)(/C=C/c1ccco1)CO. The molecule has 0 aliphatic carbocycles. The zero-order valence-corrected chi connectivity index (χ0v) is 7.76. The Morgan fingerprint density at radius 1 is 1.43 bits per heavy atom. The van der Waals surface area contributed by atoms with Gasteiger partial charge in [0.05, 0.1) is 12.9 Å². The molecule has 0 saturated carbocycles. The van der Waals surface area contributed by atoms with Crippen molar-refractivity contribution in [1.29, 1.82) is 0 Å². The molecule has 1 heterocycles. The first-order valence-corrected chi connectivity index (χ1v) is 4.37. The molecule has 0 spiro atoms. The molecule has 0 saturated heterocycles. The zero-order chi connectivity index (χ0) is 10.4. The van der Waals surface area contributed by atoms with E-state index in [1.54, 1.807) is 18.2 Å². The predicted octanol–water partition coefficient (Wildman–Crippen LogP) is 0.399. The van der Waals surface area contributed by atoms with E-state index >= 15 is 0 Å². The Morgan fingerprint density at radius 2 is 2.21 bits per heavy atom. The Morgan fingerprint density at radius 3 is 2.71 bits per heavy atom. The average Bonchev–Trinajstić information content (AvgIpc) is 2.68. The lowest BCUT2D eigenvalue weighted by Crippen LogP contribution is -2.31. The number of aliphatic hydroxyl groups is 3. The second-order valence-corrected chi connectivity index (χ2v) is 3.08. The molecule has 0 aromatic carbocycles. The summed E-state index contributed by atoms with van der Waals surface area (Å²) in [5.74, 6) is 0.592. The maximum atomic E-state index is 9.68. The van der Waals surface area contributed by atoms with Crippen LogP contribution in [0.5, 0.6) is 0 Å². The van der Waals surface area contributed by atoms with Gasteiger partial charge in [-0.3, -0.25) is 0 Å². The number of aliphatic hydroxyl groups excluding tert-OH is 2. The van der Waals surface area contributed by atoms with Gasteiger partial charge in [0.1, 0.15) is 11.4 Å². The quantitative estimate of drug-likeness (QED) is 0.640. The van der Waals surface area contributed by atoms with Crippen molar-refractivity contribution in [3.05, 3.63) is 30.2 Å². The lowest BCUT2D eigenvalue weighted by atomic mass is 10.0. The third kappa shape index (κ3) is 2.99. The minimum atomic E-state index is -1.37. The summed E-state index contributed by atoms with van der Waals surface area (Å²) in [6.07, 6.45) is 4.60. The largest absolute Gasteiger partial charge is 0.465 e. The van der Waals surface area contributed by atoms with Gasteiger partial charge in [-0.05, 0) is 24.3 Å². The molecular weight excluding hydrogens is 184 g/mol. The summed E-state index contributed by atoms with van der Waals surface area (Å²) in [7, 11) is 0. The summed E-state index contributed by atoms with van der Waals surface area (Å²) in [6.45, 7) is -0.607. The summed E-state index contributed by atoms with van der Waals surface area (Å²) in [5.41, 5.74) is -1.37. The van der Waals surface area contributed by atoms with Crippen LogP contribution in [0.3, 0.4) is 0 Å². The number of hydrogen-bond acceptors (Lipinski definition) is 4. The van der Waals surface area contributed by atoms with Crippen molar-refractivity contribution >= 4 is 6.08 Å². The molecule has 0 unspecified atom stereocenters. The normalized spacial score (nSPS) is 15.9. The van der Waals surface area contributed by atoms with Gasteiger partial charge in [0.25, 0.3) is 0 Å². The van der Waals surface area contributed by atoms with Crippen molar-refractivity contribution in [3.8, 4) is 0 Å². The van der Waals surface area contributed by atoms with E-state index in [1.165, 1.54) is 12.3 Å². The molecule has 0 aliphatic heterocycles. The summed E-state index contributed by atoms with van der Waals surface area (Å²) in [6, 6.07) is 3.46. The van der Waals surface area contributed by atoms with Crippen molar-refractivity contribution in [3.63, 3.8) is 0 Å². The van der Waals surface area contributed by atoms with Crippen LogP contribution < -0.4 is 0 Å². The maximum Gasteiger partial charge on any atom is 0.126 e. The van der Waals surface area contributed by atoms with E-state index < -0.39 is 12.2 Å². The van der Waals surface area contributed by atoms with Crippen LogP contribution in [0.15, 0.2) is 28.9 Å². The van der Waals surface area contributed by atoms with Gasteiger partial charge in [0, 0.05) is 13.0 Å². The predicted molar refractivity (Wildman–Crippen MR) is 51.5 cm³/mol. The highest BCUT2D eigenvalue weighted by Gasteiger charge is 2.21. The molecular formula is C10H14O4. The standard InChI is InChI=1S/C10H14O4/c11-6-5-10(13,8-12)4-3-9-2-1-7-14-9/h1-4,7,11-13H,5-6,8H2/b4-3+/t10-/m0/s1. The average molecular weight is 198 g/mol. The van der Waals surface area contributed by atoms with E-state index in [4.69, 9.17) is 14.6 Å². The number of rotatable bonds is 5. The molecule has 0 fully saturated rings. The molecule has 4 heteroatoms. The van der Waals surface area contributed by atoms with Gasteiger partial charge in [0.2, 0.25) is 0 Å². The molecule has 1 rings (SSSR count). The van der Waals surface area contributed by atoms with Crippen LogP contribution >= 0.6 is 0 Å². The Bertz CT molecular complexity index is 278. The smallest absolute Gasteiger partial charge is 0.126 e. The topological polar surface area (TPSA) is 73.8 Å². The first-order valence-electron chi connectivity index (χ1n) is 4.37. The van der Waals surface area contributed by atoms with E-state index in [9.17, 15) is 5.11 Å². The van der Waals surface area contributed by atoms with Gasteiger partial charge < -0.3 is 19.7 Å². The van der Waals surface area contributed by atoms with Crippen LogP contribution in [0.4, 0.5) is 0 Å². The van der Waals surface area contributed by atoms with Crippen LogP contribution in [-0.2, 0) is 0 Å². The van der Waals surface area contributed by atoms with Crippen molar-refractivity contribution < 1.29 is 19.7 Å². The lowest BCUT2D eigenvalue weighted by Gasteiger charge is -2.19. The number of hydrogen-bond donors (Lipinski definition) is 3. The molecule has 78 valence electrons. The minimum Gasteiger partial charge on any atom is -0.465 e. The van der Waals surface area contributed by atoms with E-state index in [2.05, 4.69) is 0 Å². The molecule has 1 aromatic heterocycles. The molecule has 0 bridgehead atoms. The lowest BCUT2D eigenvalue weighted by molar-refractivity contribution is 0.00852. The van der Waals surface area contributed by atoms with Gasteiger partial charge in [-0.25, -0.2) is 0 Å². The van der Waals surface area contributed by atoms with Crippen LogP contribution in [0, 0.1) is 0 Å². The Hall–Kier alpha value is -1.10. The molecule has 1 aromatic rings. The maximum absolute atomic E-state index is 9.68. The van der Waals surface area contributed by atoms with Gasteiger partial charge in [-0.15, -0.1) is 0 Å². The molecule has 1 atom stereocenters.